The summed E-state index contributed by atoms with van der Waals surface area (Å²) in [5, 5.41) is 0. The van der Waals surface area contributed by atoms with E-state index in [0.717, 1.165) is 22.3 Å². The van der Waals surface area contributed by atoms with E-state index < -0.39 is 51.7 Å². The molecule has 12 heteroatoms. The smallest absolute Gasteiger partial charge is 0.332 e. The first-order chi connectivity index (χ1) is 27.3. The van der Waals surface area contributed by atoms with Gasteiger partial charge in [-0.15, -0.1) is 0 Å². The monoisotopic (exact) mass is 894 g/mol. The maximum atomic E-state index is 7.03. The van der Waals surface area contributed by atoms with Crippen molar-refractivity contribution < 1.29 is 46.7 Å². The highest BCUT2D eigenvalue weighted by Gasteiger charge is 2.53. The minimum absolute atomic E-state index is 0.147. The average Bonchev–Trinajstić information content (AvgIpc) is 3.23. The number of benzene rings is 4. The predicted octanol–water partition coefficient (Wildman–Crippen LogP) is 8.05. The van der Waals surface area contributed by atoms with Crippen molar-refractivity contribution in [2.45, 2.75) is 92.1 Å². The van der Waals surface area contributed by atoms with E-state index in [2.05, 4.69) is 29.2 Å². The molecule has 0 aromatic heterocycles. The maximum Gasteiger partial charge on any atom is 0.332 e. The summed E-state index contributed by atoms with van der Waals surface area (Å²) in [5.74, 6) is 0.424. The van der Waals surface area contributed by atoms with E-state index in [-0.39, 0.29) is 22.7 Å². The highest BCUT2D eigenvalue weighted by atomic mass is 127. The van der Waals surface area contributed by atoms with Crippen LogP contribution in [-0.2, 0) is 66.6 Å². The van der Waals surface area contributed by atoms with Gasteiger partial charge >= 0.3 is 8.56 Å². The van der Waals surface area contributed by atoms with Crippen molar-refractivity contribution in [1.29, 1.82) is 0 Å². The summed E-state index contributed by atoms with van der Waals surface area (Å²) in [5.41, 5.74) is 4.06. The van der Waals surface area contributed by atoms with Crippen LogP contribution in [0.1, 0.15) is 28.5 Å². The molecule has 0 bridgehead atoms. The van der Waals surface area contributed by atoms with Gasteiger partial charge in [-0.05, 0) is 29.8 Å². The standard InChI is InChI=1S/C44H51IO10Si/c1-30-38(54-56(3,4)55-41-37(45)39-36(52-44(41)46-2)29-50-43(53-39)34-23-15-8-16-24-34)42(49-27-33-21-13-7-14-22-33)40(48-26-32-19-11-6-12-20-32)35(51-30)28-47-25-31-17-9-5-10-18-31/h5-24,35-44H,1,25-29H2,2-4H3/t35-,36-,37-,38+,39-,40+,41-,42-,43+,44-/m1/s1. The molecule has 3 aliphatic rings. The van der Waals surface area contributed by atoms with E-state index in [1.807, 2.05) is 134 Å². The Balaban J connectivity index is 1.11. The Labute approximate surface area is 344 Å². The molecule has 0 N–H and O–H groups in total. The van der Waals surface area contributed by atoms with Crippen LogP contribution in [0.4, 0.5) is 0 Å². The third kappa shape index (κ3) is 10.5. The fourth-order valence-electron chi connectivity index (χ4n) is 7.23. The van der Waals surface area contributed by atoms with E-state index in [9.17, 15) is 0 Å². The van der Waals surface area contributed by atoms with Crippen molar-refractivity contribution in [3.63, 3.8) is 0 Å². The third-order valence-electron chi connectivity index (χ3n) is 9.97. The van der Waals surface area contributed by atoms with Crippen molar-refractivity contribution in [1.82, 2.24) is 0 Å². The quantitative estimate of drug-likeness (QED) is 0.0626. The van der Waals surface area contributed by atoms with E-state index in [0.29, 0.717) is 32.2 Å². The molecule has 3 aliphatic heterocycles. The van der Waals surface area contributed by atoms with Crippen LogP contribution in [0.5, 0.6) is 0 Å². The van der Waals surface area contributed by atoms with Crippen molar-refractivity contribution in [2.75, 3.05) is 20.3 Å². The normalized spacial score (nSPS) is 29.3. The van der Waals surface area contributed by atoms with Gasteiger partial charge in [0.1, 0.15) is 42.4 Å². The summed E-state index contributed by atoms with van der Waals surface area (Å²) in [6, 6.07) is 40.1. The number of halogens is 1. The lowest BCUT2D eigenvalue weighted by molar-refractivity contribution is -0.327. The van der Waals surface area contributed by atoms with Crippen LogP contribution in [0.3, 0.4) is 0 Å². The second-order valence-corrected chi connectivity index (χ2v) is 19.3. The van der Waals surface area contributed by atoms with Crippen LogP contribution >= 0.6 is 22.6 Å². The molecule has 4 aromatic carbocycles. The van der Waals surface area contributed by atoms with Crippen LogP contribution < -0.4 is 0 Å². The summed E-state index contributed by atoms with van der Waals surface area (Å²) >= 11 is 2.40. The second-order valence-electron chi connectivity index (χ2n) is 14.6. The Bertz CT molecular complexity index is 1790. The lowest BCUT2D eigenvalue weighted by Gasteiger charge is -2.49. The molecule has 3 saturated heterocycles. The topological polar surface area (TPSA) is 92.3 Å². The van der Waals surface area contributed by atoms with E-state index in [1.165, 1.54) is 0 Å². The summed E-state index contributed by atoms with van der Waals surface area (Å²) in [6.45, 7) is 10.1. The molecular formula is C44H51IO10Si. The number of rotatable bonds is 16. The van der Waals surface area contributed by atoms with Crippen molar-refractivity contribution >= 4 is 31.2 Å². The number of methoxy groups -OCH3 is 1. The Morgan fingerprint density at radius 2 is 1.25 bits per heavy atom. The van der Waals surface area contributed by atoms with E-state index in [4.69, 9.17) is 46.7 Å². The van der Waals surface area contributed by atoms with E-state index >= 15 is 0 Å². The molecule has 0 radical (unpaired) electrons. The molecule has 0 unspecified atom stereocenters. The molecule has 0 aliphatic carbocycles. The van der Waals surface area contributed by atoms with Crippen molar-refractivity contribution in [3.8, 4) is 0 Å². The van der Waals surface area contributed by atoms with Crippen molar-refractivity contribution in [2.24, 2.45) is 0 Å². The third-order valence-corrected chi connectivity index (χ3v) is 13.1. The molecule has 298 valence electrons. The van der Waals surface area contributed by atoms with Gasteiger partial charge in [-0.2, -0.15) is 0 Å². The van der Waals surface area contributed by atoms with Gasteiger partial charge in [0.05, 0.1) is 37.0 Å². The van der Waals surface area contributed by atoms with Gasteiger partial charge < -0.3 is 46.7 Å². The molecule has 4 aromatic rings. The van der Waals surface area contributed by atoms with Gasteiger partial charge in [-0.1, -0.05) is 150 Å². The lowest BCUT2D eigenvalue weighted by Crippen LogP contribution is -2.64. The fourth-order valence-corrected chi connectivity index (χ4v) is 10.5. The molecule has 0 saturated carbocycles. The maximum absolute atomic E-state index is 7.03. The van der Waals surface area contributed by atoms with E-state index in [1.54, 1.807) is 7.11 Å². The minimum Gasteiger partial charge on any atom is -0.487 e. The molecule has 10 nitrogen and oxygen atoms in total. The lowest BCUT2D eigenvalue weighted by atomic mass is 9.97. The first-order valence-electron chi connectivity index (χ1n) is 19.1. The van der Waals surface area contributed by atoms with Crippen LogP contribution in [0, 0.1) is 0 Å². The first-order valence-corrected chi connectivity index (χ1v) is 23.1. The summed E-state index contributed by atoms with van der Waals surface area (Å²) in [7, 11) is -1.45. The van der Waals surface area contributed by atoms with Gasteiger partial charge in [0.2, 0.25) is 0 Å². The van der Waals surface area contributed by atoms with Crippen molar-refractivity contribution in [3.05, 3.63) is 156 Å². The van der Waals surface area contributed by atoms with Gasteiger partial charge in [-0.3, -0.25) is 0 Å². The van der Waals surface area contributed by atoms with Gasteiger partial charge in [0.25, 0.3) is 0 Å². The largest absolute Gasteiger partial charge is 0.487 e. The molecule has 10 atom stereocenters. The molecule has 0 amide bonds. The molecule has 0 spiro atoms. The number of hydrogen-bond donors (Lipinski definition) is 0. The number of hydrogen-bond acceptors (Lipinski definition) is 10. The predicted molar refractivity (Wildman–Crippen MR) is 221 cm³/mol. The number of alkyl halides is 1. The van der Waals surface area contributed by atoms with Gasteiger partial charge in [0.15, 0.2) is 18.7 Å². The Hall–Kier alpha value is -2.99. The highest BCUT2D eigenvalue weighted by molar-refractivity contribution is 14.1. The zero-order valence-corrected chi connectivity index (χ0v) is 35.2. The number of fused-ring (bicyclic) bond motifs is 1. The minimum atomic E-state index is -3.07. The highest BCUT2D eigenvalue weighted by Crippen LogP contribution is 2.40. The fraction of sp³-hybridized carbons (Fsp3) is 0.409. The van der Waals surface area contributed by atoms with Gasteiger partial charge in [-0.25, -0.2) is 0 Å². The van der Waals surface area contributed by atoms with Gasteiger partial charge in [0, 0.05) is 12.7 Å². The second kappa shape index (κ2) is 19.6. The van der Waals surface area contributed by atoms with Crippen LogP contribution in [-0.4, -0.2) is 81.8 Å². The average molecular weight is 895 g/mol. The molecular weight excluding hydrogens is 843 g/mol. The Morgan fingerprint density at radius 1 is 0.696 bits per heavy atom. The molecule has 3 fully saturated rings. The van der Waals surface area contributed by atoms with Crippen LogP contribution in [0.25, 0.3) is 0 Å². The summed E-state index contributed by atoms with van der Waals surface area (Å²) < 4.78 is 65.1. The zero-order valence-electron chi connectivity index (χ0n) is 32.0. The SMILES string of the molecule is C=C1O[C@H](COCc2ccccc2)[C@H](OCc2ccccc2)[C@H](OCc2ccccc2)[C@H]1O[Si](C)(C)O[C@H]1[C@H](OC)O[C@@H]2CO[C@H](c3ccccc3)O[C@H]2[C@H]1I. The number of ether oxygens (including phenoxy) is 8. The Morgan fingerprint density at radius 3 is 1.84 bits per heavy atom. The zero-order chi connectivity index (χ0) is 38.9. The first kappa shape index (κ1) is 41.2. The Kier molecular flexibility index (Phi) is 14.4. The molecule has 7 rings (SSSR count). The summed E-state index contributed by atoms with van der Waals surface area (Å²) in [4.78, 5) is 0. The molecule has 56 heavy (non-hydrogen) atoms. The van der Waals surface area contributed by atoms with Crippen LogP contribution in [0.15, 0.2) is 134 Å². The van der Waals surface area contributed by atoms with Crippen LogP contribution in [0.2, 0.25) is 13.1 Å². The molecule has 3 heterocycles. The summed E-state index contributed by atoms with van der Waals surface area (Å²) in [6.07, 6.45) is -4.76.